The number of halogens is 1. The van der Waals surface area contributed by atoms with Crippen LogP contribution in [-0.2, 0) is 9.53 Å². The van der Waals surface area contributed by atoms with Crippen molar-refractivity contribution in [3.8, 4) is 22.8 Å². The molecule has 0 aliphatic carbocycles. The predicted octanol–water partition coefficient (Wildman–Crippen LogP) is 3.94. The van der Waals surface area contributed by atoms with Crippen molar-refractivity contribution in [3.63, 3.8) is 0 Å². The van der Waals surface area contributed by atoms with Gasteiger partial charge in [0, 0.05) is 18.7 Å². The molecule has 1 aromatic heterocycles. The van der Waals surface area contributed by atoms with Gasteiger partial charge >= 0.3 is 5.97 Å². The van der Waals surface area contributed by atoms with E-state index in [-0.39, 0.29) is 18.7 Å². The Morgan fingerprint density at radius 1 is 1.31 bits per heavy atom. The van der Waals surface area contributed by atoms with E-state index in [0.29, 0.717) is 23.4 Å². The Hall–Kier alpha value is -2.54. The Bertz CT molecular complexity index is 899. The lowest BCUT2D eigenvalue weighted by atomic mass is 9.85. The van der Waals surface area contributed by atoms with Gasteiger partial charge in [0.2, 0.25) is 6.79 Å². The summed E-state index contributed by atoms with van der Waals surface area (Å²) in [5, 5.41) is 0.353. The molecule has 1 atom stereocenters. The Morgan fingerprint density at radius 2 is 2.07 bits per heavy atom. The first-order valence-electron chi connectivity index (χ1n) is 9.91. The van der Waals surface area contributed by atoms with E-state index in [1.54, 1.807) is 6.20 Å². The summed E-state index contributed by atoms with van der Waals surface area (Å²) in [7, 11) is 0. The highest BCUT2D eigenvalue weighted by Crippen LogP contribution is 2.39. The maximum atomic E-state index is 12.1. The molecule has 1 saturated heterocycles. The summed E-state index contributed by atoms with van der Waals surface area (Å²) in [5.74, 6) is 2.26. The Morgan fingerprint density at radius 3 is 2.83 bits per heavy atom. The van der Waals surface area contributed by atoms with Gasteiger partial charge in [-0.3, -0.25) is 4.79 Å². The molecule has 1 fully saturated rings. The molecule has 2 aliphatic rings. The molecular weight excluding hydrogens is 394 g/mol. The van der Waals surface area contributed by atoms with Crippen LogP contribution in [0.2, 0.25) is 5.15 Å². The summed E-state index contributed by atoms with van der Waals surface area (Å²) in [5.41, 5.74) is 1.65. The second-order valence-corrected chi connectivity index (χ2v) is 7.69. The average Bonchev–Trinajstić information content (AvgIpc) is 3.21. The summed E-state index contributed by atoms with van der Waals surface area (Å²) in [4.78, 5) is 23.4. The normalized spacial score (nSPS) is 17.3. The van der Waals surface area contributed by atoms with Gasteiger partial charge in [0.1, 0.15) is 10.8 Å². The van der Waals surface area contributed by atoms with Crippen molar-refractivity contribution >= 4 is 23.4 Å². The number of ether oxygens (including phenoxy) is 3. The molecule has 7 nitrogen and oxygen atoms in total. The van der Waals surface area contributed by atoms with Gasteiger partial charge in [0.15, 0.2) is 17.3 Å². The van der Waals surface area contributed by atoms with Crippen molar-refractivity contribution in [2.45, 2.75) is 26.7 Å². The molecule has 0 radical (unpaired) electrons. The van der Waals surface area contributed by atoms with Gasteiger partial charge in [-0.05, 0) is 43.9 Å². The minimum atomic E-state index is -0.116. The van der Waals surface area contributed by atoms with Crippen LogP contribution in [0.4, 0.5) is 5.82 Å². The molecule has 2 aromatic rings. The summed E-state index contributed by atoms with van der Waals surface area (Å²) in [6.45, 7) is 5.99. The van der Waals surface area contributed by atoms with Crippen molar-refractivity contribution < 1.29 is 19.0 Å². The van der Waals surface area contributed by atoms with Crippen LogP contribution in [0.3, 0.4) is 0 Å². The van der Waals surface area contributed by atoms with Crippen molar-refractivity contribution in [3.05, 3.63) is 29.5 Å². The van der Waals surface area contributed by atoms with Crippen LogP contribution in [0.15, 0.2) is 24.4 Å². The van der Waals surface area contributed by atoms with E-state index in [1.807, 2.05) is 32.0 Å². The van der Waals surface area contributed by atoms with E-state index in [1.165, 1.54) is 0 Å². The average molecular weight is 418 g/mol. The van der Waals surface area contributed by atoms with Gasteiger partial charge in [-0.2, -0.15) is 0 Å². The van der Waals surface area contributed by atoms with Gasteiger partial charge in [0.05, 0.1) is 18.7 Å². The molecular formula is C21H24ClN3O4. The number of nitrogens with zero attached hydrogens (tertiary/aromatic N) is 3. The molecule has 4 rings (SSSR count). The fraction of sp³-hybridized carbons (Fsp3) is 0.476. The maximum absolute atomic E-state index is 12.1. The maximum Gasteiger partial charge on any atom is 0.308 e. The quantitative estimate of drug-likeness (QED) is 0.682. The third-order valence-corrected chi connectivity index (χ3v) is 5.76. The molecule has 29 heavy (non-hydrogen) atoms. The first-order valence-corrected chi connectivity index (χ1v) is 10.3. The highest BCUT2D eigenvalue weighted by atomic mass is 35.5. The monoisotopic (exact) mass is 417 g/mol. The number of anilines is 1. The number of aromatic nitrogens is 2. The van der Waals surface area contributed by atoms with Crippen LogP contribution in [0.1, 0.15) is 26.7 Å². The van der Waals surface area contributed by atoms with E-state index in [4.69, 9.17) is 25.8 Å². The molecule has 0 bridgehead atoms. The third kappa shape index (κ3) is 4.10. The van der Waals surface area contributed by atoms with Crippen LogP contribution in [-0.4, -0.2) is 42.4 Å². The molecule has 3 heterocycles. The highest BCUT2D eigenvalue weighted by molar-refractivity contribution is 6.29. The van der Waals surface area contributed by atoms with Gasteiger partial charge in [-0.25, -0.2) is 9.97 Å². The molecule has 0 saturated carbocycles. The van der Waals surface area contributed by atoms with Crippen LogP contribution >= 0.6 is 11.6 Å². The molecule has 0 amide bonds. The Kier molecular flexibility index (Phi) is 5.76. The zero-order valence-electron chi connectivity index (χ0n) is 16.6. The van der Waals surface area contributed by atoms with Crippen molar-refractivity contribution in [2.24, 2.45) is 11.8 Å². The number of fused-ring (bicyclic) bond motifs is 1. The van der Waals surface area contributed by atoms with Crippen molar-refractivity contribution in [2.75, 3.05) is 31.4 Å². The molecule has 154 valence electrons. The smallest absolute Gasteiger partial charge is 0.308 e. The number of hydrogen-bond donors (Lipinski definition) is 0. The second-order valence-electron chi connectivity index (χ2n) is 7.30. The van der Waals surface area contributed by atoms with E-state index >= 15 is 0 Å². The molecule has 0 spiro atoms. The zero-order valence-corrected chi connectivity index (χ0v) is 17.3. The summed E-state index contributed by atoms with van der Waals surface area (Å²) in [6, 6.07) is 5.74. The van der Waals surface area contributed by atoms with Crippen molar-refractivity contribution in [1.82, 2.24) is 9.97 Å². The minimum absolute atomic E-state index is 0.101. The Balaban J connectivity index is 1.54. The molecule has 0 N–H and O–H groups in total. The number of carbonyl (C=O) groups excluding carboxylic acids is 1. The van der Waals surface area contributed by atoms with E-state index in [2.05, 4.69) is 14.9 Å². The number of rotatable bonds is 5. The second kappa shape index (κ2) is 8.45. The SMILES string of the molecule is CCOC(=O)C(C)C1CCN(c2nc(Cl)cnc2-c2ccc3c(c2)OCO3)CC1. The fourth-order valence-corrected chi connectivity index (χ4v) is 4.03. The number of esters is 1. The van der Waals surface area contributed by atoms with Gasteiger partial charge in [-0.1, -0.05) is 18.5 Å². The number of piperidine rings is 1. The summed E-state index contributed by atoms with van der Waals surface area (Å²) in [6.07, 6.45) is 3.32. The summed E-state index contributed by atoms with van der Waals surface area (Å²) >= 11 is 6.17. The van der Waals surface area contributed by atoms with Gasteiger partial charge < -0.3 is 19.1 Å². The third-order valence-electron chi connectivity index (χ3n) is 5.58. The lowest BCUT2D eigenvalue weighted by Crippen LogP contribution is -2.38. The van der Waals surface area contributed by atoms with Crippen molar-refractivity contribution in [1.29, 1.82) is 0 Å². The first-order chi connectivity index (χ1) is 14.1. The lowest BCUT2D eigenvalue weighted by Gasteiger charge is -2.35. The van der Waals surface area contributed by atoms with Crippen LogP contribution < -0.4 is 14.4 Å². The standard InChI is InChI=1S/C21H24ClN3O4/c1-3-27-21(26)13(2)14-6-8-25(9-7-14)20-19(23-11-18(22)24-20)15-4-5-16-17(10-15)29-12-28-16/h4-5,10-11,13-14H,3,6-9,12H2,1-2H3. The first kappa shape index (κ1) is 19.8. The van der Waals surface area contributed by atoms with Crippen LogP contribution in [0.5, 0.6) is 11.5 Å². The lowest BCUT2D eigenvalue weighted by molar-refractivity contribution is -0.149. The van der Waals surface area contributed by atoms with Gasteiger partial charge in [0.25, 0.3) is 0 Å². The number of carbonyl (C=O) groups is 1. The number of benzene rings is 1. The molecule has 2 aliphatic heterocycles. The summed E-state index contributed by atoms with van der Waals surface area (Å²) < 4.78 is 16.1. The minimum Gasteiger partial charge on any atom is -0.466 e. The topological polar surface area (TPSA) is 73.8 Å². The van der Waals surface area contributed by atoms with Gasteiger partial charge in [-0.15, -0.1) is 0 Å². The molecule has 1 unspecified atom stereocenters. The molecule has 1 aromatic carbocycles. The van der Waals surface area contributed by atoms with E-state index < -0.39 is 0 Å². The zero-order chi connectivity index (χ0) is 20.4. The largest absolute Gasteiger partial charge is 0.466 e. The number of hydrogen-bond acceptors (Lipinski definition) is 7. The van der Waals surface area contributed by atoms with Crippen LogP contribution in [0.25, 0.3) is 11.3 Å². The highest BCUT2D eigenvalue weighted by Gasteiger charge is 2.30. The van der Waals surface area contributed by atoms with Crippen LogP contribution in [0, 0.1) is 11.8 Å². The van der Waals surface area contributed by atoms with E-state index in [0.717, 1.165) is 48.8 Å². The predicted molar refractivity (Wildman–Crippen MR) is 109 cm³/mol. The fourth-order valence-electron chi connectivity index (χ4n) is 3.90. The van der Waals surface area contributed by atoms with E-state index in [9.17, 15) is 4.79 Å². The molecule has 8 heteroatoms. The Labute approximate surface area is 174 Å².